The van der Waals surface area contributed by atoms with Crippen LogP contribution in [0.4, 0.5) is 11.4 Å². The van der Waals surface area contributed by atoms with Crippen molar-refractivity contribution in [3.63, 3.8) is 0 Å². The fourth-order valence-corrected chi connectivity index (χ4v) is 5.67. The Morgan fingerprint density at radius 1 is 1.00 bits per heavy atom. The monoisotopic (exact) mass is 544 g/mol. The summed E-state index contributed by atoms with van der Waals surface area (Å²) in [4.78, 5) is 59.2. The number of hydrogen-bond donors (Lipinski definition) is 4. The van der Waals surface area contributed by atoms with Crippen LogP contribution in [0.15, 0.2) is 57.4 Å². The lowest BCUT2D eigenvalue weighted by Gasteiger charge is -2.24. The smallest absolute Gasteiger partial charge is 0.375 e. The van der Waals surface area contributed by atoms with Crippen molar-refractivity contribution in [2.75, 3.05) is 5.75 Å². The zero-order valence-electron chi connectivity index (χ0n) is 18.0. The number of fused-ring (bicyclic) bond motifs is 2. The number of aromatic amines is 2. The van der Waals surface area contributed by atoms with Crippen molar-refractivity contribution >= 4 is 68.9 Å². The van der Waals surface area contributed by atoms with Crippen LogP contribution >= 0.6 is 23.5 Å². The minimum atomic E-state index is -2.31. The fraction of sp³-hybridized carbons (Fsp3) is 0.100. The molecule has 5 rings (SSSR count). The number of aliphatic hydroxyl groups is 1. The van der Waals surface area contributed by atoms with E-state index >= 15 is 0 Å². The van der Waals surface area contributed by atoms with Crippen LogP contribution in [0.1, 0.15) is 0 Å². The number of ether oxygens (including phenoxy) is 1. The number of benzene rings is 2. The number of aliphatic hydroxyl groups excluding tert-OH is 1. The van der Waals surface area contributed by atoms with Crippen molar-refractivity contribution in [1.82, 2.24) is 19.9 Å². The van der Waals surface area contributed by atoms with Gasteiger partial charge in [0.2, 0.25) is 5.76 Å². The van der Waals surface area contributed by atoms with Crippen molar-refractivity contribution in [2.24, 2.45) is 0 Å². The summed E-state index contributed by atoms with van der Waals surface area (Å²) in [6.45, 7) is 0. The van der Waals surface area contributed by atoms with Gasteiger partial charge in [-0.1, -0.05) is 11.8 Å². The number of hydrogen-bond acceptors (Lipinski definition) is 12. The predicted octanol–water partition coefficient (Wildman–Crippen LogP) is 3.29. The second kappa shape index (κ2) is 8.79. The summed E-state index contributed by atoms with van der Waals surface area (Å²) in [6, 6.07) is 7.85. The van der Waals surface area contributed by atoms with Crippen LogP contribution < -0.4 is 0 Å². The van der Waals surface area contributed by atoms with Crippen molar-refractivity contribution in [3.05, 3.63) is 67.3 Å². The number of nitro benzene ring substituents is 2. The van der Waals surface area contributed by atoms with Crippen LogP contribution in [0.3, 0.4) is 0 Å². The molecule has 2 aromatic carbocycles. The van der Waals surface area contributed by atoms with E-state index in [1.54, 1.807) is 0 Å². The Kier molecular flexibility index (Phi) is 5.72. The number of aromatic nitrogens is 4. The number of carbonyl (C=O) groups excluding carboxylic acids is 1. The average molecular weight is 544 g/mol. The molecule has 4 N–H and O–H groups in total. The second-order valence-corrected chi connectivity index (χ2v) is 9.55. The molecule has 1 aliphatic heterocycles. The van der Waals surface area contributed by atoms with Gasteiger partial charge in [0.15, 0.2) is 10.3 Å². The molecule has 15 nitrogen and oxygen atoms in total. The van der Waals surface area contributed by atoms with Gasteiger partial charge in [-0.3, -0.25) is 20.2 Å². The predicted molar refractivity (Wildman–Crippen MR) is 128 cm³/mol. The first-order valence-corrected chi connectivity index (χ1v) is 11.9. The maximum atomic E-state index is 12.4. The van der Waals surface area contributed by atoms with Gasteiger partial charge < -0.3 is 24.9 Å². The number of carboxylic acid groups (broad SMARTS) is 1. The van der Waals surface area contributed by atoms with E-state index in [0.29, 0.717) is 28.3 Å². The Labute approximate surface area is 212 Å². The number of aliphatic carboxylic acids is 1. The highest BCUT2D eigenvalue weighted by Crippen LogP contribution is 2.45. The number of rotatable bonds is 8. The lowest BCUT2D eigenvalue weighted by Crippen LogP contribution is -2.43. The Bertz CT molecular complexity index is 1680. The van der Waals surface area contributed by atoms with Gasteiger partial charge in [0, 0.05) is 24.3 Å². The van der Waals surface area contributed by atoms with E-state index in [1.165, 1.54) is 36.4 Å². The topological polar surface area (TPSA) is 227 Å². The van der Waals surface area contributed by atoms with E-state index in [1.807, 2.05) is 0 Å². The van der Waals surface area contributed by atoms with E-state index in [9.17, 15) is 40.0 Å². The van der Waals surface area contributed by atoms with E-state index in [4.69, 9.17) is 4.74 Å². The van der Waals surface area contributed by atoms with E-state index in [0.717, 1.165) is 11.8 Å². The number of nitrogens with zero attached hydrogens (tertiary/aromatic N) is 4. The van der Waals surface area contributed by atoms with Crippen LogP contribution in [-0.4, -0.2) is 63.3 Å². The third-order valence-electron chi connectivity index (χ3n) is 5.31. The van der Waals surface area contributed by atoms with Gasteiger partial charge in [-0.15, -0.1) is 0 Å². The Balaban J connectivity index is 1.45. The number of non-ortho nitro benzene ring substituents is 2. The van der Waals surface area contributed by atoms with Crippen molar-refractivity contribution in [2.45, 2.75) is 15.9 Å². The van der Waals surface area contributed by atoms with Crippen molar-refractivity contribution in [3.8, 4) is 0 Å². The molecule has 3 heterocycles. The van der Waals surface area contributed by atoms with Crippen LogP contribution in [0, 0.1) is 20.2 Å². The number of carboxylic acids is 1. The number of cyclic esters (lactones) is 1. The number of carbonyl (C=O) groups is 2. The highest BCUT2D eigenvalue weighted by Gasteiger charge is 2.55. The molecule has 1 atom stereocenters. The number of imidazole rings is 2. The number of esters is 1. The third kappa shape index (κ3) is 4.19. The Morgan fingerprint density at radius 3 is 2.08 bits per heavy atom. The number of nitro groups is 2. The van der Waals surface area contributed by atoms with E-state index in [-0.39, 0.29) is 32.1 Å². The van der Waals surface area contributed by atoms with Crippen molar-refractivity contribution < 1.29 is 34.4 Å². The van der Waals surface area contributed by atoms with Crippen LogP contribution in [0.2, 0.25) is 0 Å². The molecule has 0 saturated carbocycles. The van der Waals surface area contributed by atoms with Gasteiger partial charge in [-0.25, -0.2) is 19.6 Å². The molecule has 0 radical (unpaired) electrons. The van der Waals surface area contributed by atoms with Crippen LogP contribution in [0.5, 0.6) is 0 Å². The van der Waals surface area contributed by atoms with Gasteiger partial charge >= 0.3 is 11.9 Å². The molecule has 0 saturated heterocycles. The number of H-pyrrole nitrogens is 2. The fourth-order valence-electron chi connectivity index (χ4n) is 3.52. The molecule has 4 aromatic rings. The molecule has 0 bridgehead atoms. The van der Waals surface area contributed by atoms with Crippen LogP contribution in [0.25, 0.3) is 22.1 Å². The molecule has 37 heavy (non-hydrogen) atoms. The zero-order valence-corrected chi connectivity index (χ0v) is 19.7. The van der Waals surface area contributed by atoms with Crippen molar-refractivity contribution in [1.29, 1.82) is 0 Å². The number of thioether (sulfide) groups is 2. The second-order valence-electron chi connectivity index (χ2n) is 7.59. The molecule has 0 amide bonds. The molecular weight excluding hydrogens is 532 g/mol. The summed E-state index contributed by atoms with van der Waals surface area (Å²) in [5, 5.41) is 42.7. The first kappa shape index (κ1) is 24.1. The molecular formula is C20H12N6O9S2. The van der Waals surface area contributed by atoms with Gasteiger partial charge in [0.05, 0.1) is 42.6 Å². The molecule has 0 spiro atoms. The summed E-state index contributed by atoms with van der Waals surface area (Å²) in [6.07, 6.45) is 0. The summed E-state index contributed by atoms with van der Waals surface area (Å²) in [5.74, 6) is -4.16. The minimum Gasteiger partial charge on any atom is -0.501 e. The Hall–Kier alpha value is -4.64. The number of nitrogens with one attached hydrogen (secondary N) is 2. The molecule has 0 fully saturated rings. The highest BCUT2D eigenvalue weighted by molar-refractivity contribution is 8.03. The van der Waals surface area contributed by atoms with Crippen LogP contribution in [-0.2, 0) is 14.3 Å². The molecule has 188 valence electrons. The minimum absolute atomic E-state index is 0.0574. The molecule has 0 aliphatic carbocycles. The normalized spacial score (nSPS) is 17.5. The maximum Gasteiger partial charge on any atom is 0.375 e. The standard InChI is InChI=1S/C20H12N6O9S2/c27-14-15(37-19-22-11-4-2-9(26(33)34)6-13(11)24-19)20(17(29)30,35-16(14)28)7-36-18-21-10-3-1-8(25(31)32)5-12(10)23-18/h1-6,27H,7H2,(H,21,23)(H,22,24)(H,29,30). The zero-order chi connectivity index (χ0) is 26.5. The summed E-state index contributed by atoms with van der Waals surface area (Å²) < 4.78 is 5.11. The maximum absolute atomic E-state index is 12.4. The lowest BCUT2D eigenvalue weighted by molar-refractivity contribution is -0.384. The third-order valence-corrected chi connectivity index (χ3v) is 7.44. The average Bonchev–Trinajstić information content (AvgIpc) is 3.52. The SMILES string of the molecule is O=C1OC(CSc2nc3ccc([N+](=O)[O-])cc3[nH]2)(C(=O)O)C(Sc2nc3ccc([N+](=O)[O-])cc3[nH]2)=C1O. The first-order chi connectivity index (χ1) is 17.6. The van der Waals surface area contributed by atoms with Gasteiger partial charge in [-0.05, 0) is 23.9 Å². The Morgan fingerprint density at radius 2 is 1.54 bits per heavy atom. The quantitative estimate of drug-likeness (QED) is 0.108. The first-order valence-electron chi connectivity index (χ1n) is 10.1. The summed E-state index contributed by atoms with van der Waals surface area (Å²) in [5.41, 5.74) is -1.31. The van der Waals surface area contributed by atoms with E-state index in [2.05, 4.69) is 19.9 Å². The summed E-state index contributed by atoms with van der Waals surface area (Å²) >= 11 is 1.49. The van der Waals surface area contributed by atoms with Gasteiger partial charge in [-0.2, -0.15) is 0 Å². The highest BCUT2D eigenvalue weighted by atomic mass is 32.2. The molecule has 17 heteroatoms. The molecule has 2 aromatic heterocycles. The van der Waals surface area contributed by atoms with Gasteiger partial charge in [0.25, 0.3) is 17.0 Å². The van der Waals surface area contributed by atoms with Gasteiger partial charge in [0.1, 0.15) is 0 Å². The molecule has 1 aliphatic rings. The summed E-state index contributed by atoms with van der Waals surface area (Å²) in [7, 11) is 0. The van der Waals surface area contributed by atoms with E-state index < -0.39 is 38.9 Å². The largest absolute Gasteiger partial charge is 0.501 e. The lowest BCUT2D eigenvalue weighted by atomic mass is 10.1. The molecule has 1 unspecified atom stereocenters.